The summed E-state index contributed by atoms with van der Waals surface area (Å²) >= 11 is 0. The fourth-order valence-corrected chi connectivity index (χ4v) is 1.47. The third kappa shape index (κ3) is 2.75. The van der Waals surface area contributed by atoms with Gasteiger partial charge in [-0.15, -0.1) is 0 Å². The monoisotopic (exact) mass is 204 g/mol. The van der Waals surface area contributed by atoms with Crippen LogP contribution in [0.3, 0.4) is 0 Å². The minimum atomic E-state index is -0.349. The van der Waals surface area contributed by atoms with Crippen LogP contribution in [0.4, 0.5) is 0 Å². The van der Waals surface area contributed by atoms with E-state index >= 15 is 0 Å². The van der Waals surface area contributed by atoms with Crippen LogP contribution in [0.2, 0.25) is 0 Å². The Morgan fingerprint density at radius 1 is 1.20 bits per heavy atom. The molecule has 0 bridgehead atoms. The summed E-state index contributed by atoms with van der Waals surface area (Å²) in [7, 11) is 0. The first-order chi connectivity index (χ1) is 7.06. The molecular formula is C13H16O2. The van der Waals surface area contributed by atoms with Gasteiger partial charge in [-0.25, -0.2) is 0 Å². The summed E-state index contributed by atoms with van der Waals surface area (Å²) < 4.78 is 0. The van der Waals surface area contributed by atoms with E-state index in [1.165, 1.54) is 0 Å². The maximum atomic E-state index is 11.8. The summed E-state index contributed by atoms with van der Waals surface area (Å²) in [5.41, 5.74) is 2.43. The third-order valence-electron chi connectivity index (χ3n) is 2.37. The van der Waals surface area contributed by atoms with Crippen molar-refractivity contribution in [1.82, 2.24) is 0 Å². The lowest BCUT2D eigenvalue weighted by molar-refractivity contribution is -0.115. The lowest BCUT2D eigenvalue weighted by Crippen LogP contribution is -2.15. The van der Waals surface area contributed by atoms with Crippen LogP contribution in [0.5, 0.6) is 0 Å². The molecule has 0 heterocycles. The van der Waals surface area contributed by atoms with Crippen LogP contribution in [-0.2, 0) is 4.79 Å². The van der Waals surface area contributed by atoms with Gasteiger partial charge in [0.1, 0.15) is 0 Å². The lowest BCUT2D eigenvalue weighted by atomic mass is 9.98. The summed E-state index contributed by atoms with van der Waals surface area (Å²) in [4.78, 5) is 23.2. The van der Waals surface area contributed by atoms with Crippen molar-refractivity contribution in [3.8, 4) is 0 Å². The molecule has 0 saturated heterocycles. The van der Waals surface area contributed by atoms with Crippen LogP contribution >= 0.6 is 0 Å². The zero-order valence-electron chi connectivity index (χ0n) is 9.46. The first-order valence-corrected chi connectivity index (χ1v) is 5.21. The van der Waals surface area contributed by atoms with Crippen LogP contribution in [0.15, 0.2) is 18.2 Å². The van der Waals surface area contributed by atoms with E-state index in [0.29, 0.717) is 12.0 Å². The highest BCUT2D eigenvalue weighted by molar-refractivity contribution is 6.44. The van der Waals surface area contributed by atoms with E-state index in [0.717, 1.165) is 17.5 Å². The van der Waals surface area contributed by atoms with Gasteiger partial charge in [0.2, 0.25) is 11.6 Å². The summed E-state index contributed by atoms with van der Waals surface area (Å²) in [5.74, 6) is -0.635. The summed E-state index contributed by atoms with van der Waals surface area (Å²) in [5, 5.41) is 0. The van der Waals surface area contributed by atoms with Gasteiger partial charge in [0.05, 0.1) is 0 Å². The Kier molecular flexibility index (Phi) is 3.78. The second kappa shape index (κ2) is 4.87. The predicted molar refractivity (Wildman–Crippen MR) is 60.2 cm³/mol. The van der Waals surface area contributed by atoms with E-state index in [1.807, 2.05) is 32.9 Å². The zero-order valence-corrected chi connectivity index (χ0v) is 9.46. The van der Waals surface area contributed by atoms with Crippen LogP contribution < -0.4 is 0 Å². The molecule has 1 aromatic carbocycles. The van der Waals surface area contributed by atoms with Gasteiger partial charge < -0.3 is 0 Å². The molecule has 0 aliphatic heterocycles. The van der Waals surface area contributed by atoms with Gasteiger partial charge >= 0.3 is 0 Å². The third-order valence-corrected chi connectivity index (χ3v) is 2.37. The number of benzene rings is 1. The van der Waals surface area contributed by atoms with Crippen molar-refractivity contribution in [3.63, 3.8) is 0 Å². The first kappa shape index (κ1) is 11.6. The summed E-state index contributed by atoms with van der Waals surface area (Å²) in [6.45, 7) is 5.67. The van der Waals surface area contributed by atoms with Gasteiger partial charge in [-0.3, -0.25) is 9.59 Å². The molecule has 0 aromatic heterocycles. The predicted octanol–water partition coefficient (Wildman–Crippen LogP) is 2.86. The normalized spacial score (nSPS) is 10.1. The van der Waals surface area contributed by atoms with E-state index in [-0.39, 0.29) is 11.6 Å². The van der Waals surface area contributed by atoms with E-state index in [2.05, 4.69) is 0 Å². The maximum Gasteiger partial charge on any atom is 0.228 e. The van der Waals surface area contributed by atoms with Crippen LogP contribution in [0.1, 0.15) is 41.3 Å². The molecule has 0 radical (unpaired) electrons. The standard InChI is InChI=1S/C13H16O2/c1-4-5-12(14)13(15)11-8-9(2)6-7-10(11)3/h6-8H,4-5H2,1-3H3. The number of carbonyl (C=O) groups excluding carboxylic acids is 2. The number of aryl methyl sites for hydroxylation is 2. The Morgan fingerprint density at radius 3 is 2.47 bits per heavy atom. The fraction of sp³-hybridized carbons (Fsp3) is 0.385. The molecule has 0 atom stereocenters. The van der Waals surface area contributed by atoms with Gasteiger partial charge in [-0.1, -0.05) is 24.6 Å². The number of rotatable bonds is 4. The van der Waals surface area contributed by atoms with Gasteiger partial charge in [0, 0.05) is 12.0 Å². The van der Waals surface area contributed by atoms with Crippen LogP contribution in [-0.4, -0.2) is 11.6 Å². The molecule has 0 N–H and O–H groups in total. The zero-order chi connectivity index (χ0) is 11.4. The summed E-state index contributed by atoms with van der Waals surface area (Å²) in [6, 6.07) is 5.60. The molecule has 1 aromatic rings. The molecule has 2 heteroatoms. The molecule has 0 aliphatic rings. The van der Waals surface area contributed by atoms with Gasteiger partial charge in [-0.05, 0) is 31.9 Å². The average Bonchev–Trinajstić information content (AvgIpc) is 2.21. The average molecular weight is 204 g/mol. The number of hydrogen-bond acceptors (Lipinski definition) is 2. The minimum absolute atomic E-state index is 0.286. The van der Waals surface area contributed by atoms with Crippen molar-refractivity contribution in [2.75, 3.05) is 0 Å². The summed E-state index contributed by atoms with van der Waals surface area (Å²) in [6.07, 6.45) is 1.06. The molecule has 0 saturated carbocycles. The first-order valence-electron chi connectivity index (χ1n) is 5.21. The van der Waals surface area contributed by atoms with Crippen molar-refractivity contribution in [2.45, 2.75) is 33.6 Å². The number of carbonyl (C=O) groups is 2. The van der Waals surface area contributed by atoms with Crippen LogP contribution in [0, 0.1) is 13.8 Å². The highest BCUT2D eigenvalue weighted by Crippen LogP contribution is 2.12. The SMILES string of the molecule is CCCC(=O)C(=O)c1cc(C)ccc1C. The second-order valence-electron chi connectivity index (χ2n) is 3.82. The Morgan fingerprint density at radius 2 is 1.87 bits per heavy atom. The molecule has 0 aliphatic carbocycles. The quantitative estimate of drug-likeness (QED) is 0.558. The van der Waals surface area contributed by atoms with Crippen molar-refractivity contribution in [3.05, 3.63) is 34.9 Å². The van der Waals surface area contributed by atoms with E-state index in [1.54, 1.807) is 6.07 Å². The number of hydrogen-bond donors (Lipinski definition) is 0. The van der Waals surface area contributed by atoms with E-state index < -0.39 is 0 Å². The topological polar surface area (TPSA) is 34.1 Å². The Balaban J connectivity index is 3.00. The van der Waals surface area contributed by atoms with Crippen molar-refractivity contribution < 1.29 is 9.59 Å². The number of ketones is 2. The maximum absolute atomic E-state index is 11.8. The lowest BCUT2D eigenvalue weighted by Gasteiger charge is -2.04. The highest BCUT2D eigenvalue weighted by Gasteiger charge is 2.16. The second-order valence-corrected chi connectivity index (χ2v) is 3.82. The molecule has 80 valence electrons. The molecule has 0 spiro atoms. The van der Waals surface area contributed by atoms with E-state index in [4.69, 9.17) is 0 Å². The fourth-order valence-electron chi connectivity index (χ4n) is 1.47. The smallest absolute Gasteiger partial charge is 0.228 e. The molecular weight excluding hydrogens is 188 g/mol. The highest BCUT2D eigenvalue weighted by atomic mass is 16.2. The molecule has 15 heavy (non-hydrogen) atoms. The minimum Gasteiger partial charge on any atom is -0.290 e. The van der Waals surface area contributed by atoms with Gasteiger partial charge in [0.25, 0.3) is 0 Å². The van der Waals surface area contributed by atoms with Crippen LogP contribution in [0.25, 0.3) is 0 Å². The van der Waals surface area contributed by atoms with Gasteiger partial charge in [-0.2, -0.15) is 0 Å². The van der Waals surface area contributed by atoms with Crippen molar-refractivity contribution in [2.24, 2.45) is 0 Å². The molecule has 0 unspecified atom stereocenters. The molecule has 1 rings (SSSR count). The van der Waals surface area contributed by atoms with Crippen molar-refractivity contribution >= 4 is 11.6 Å². The van der Waals surface area contributed by atoms with E-state index in [9.17, 15) is 9.59 Å². The molecule has 2 nitrogen and oxygen atoms in total. The number of Topliss-reactive ketones (excluding diaryl/α,β-unsaturated/α-hetero) is 2. The van der Waals surface area contributed by atoms with Gasteiger partial charge in [0.15, 0.2) is 0 Å². The molecule has 0 fully saturated rings. The Bertz CT molecular complexity index is 392. The largest absolute Gasteiger partial charge is 0.290 e. The van der Waals surface area contributed by atoms with Crippen molar-refractivity contribution in [1.29, 1.82) is 0 Å². The Hall–Kier alpha value is -1.44. The Labute approximate surface area is 90.3 Å². The molecule has 0 amide bonds.